The molecule has 0 spiro atoms. The fourth-order valence-corrected chi connectivity index (χ4v) is 6.16. The highest BCUT2D eigenvalue weighted by Crippen LogP contribution is 2.39. The Kier molecular flexibility index (Phi) is 8.07. The molecule has 1 aromatic heterocycles. The van der Waals surface area contributed by atoms with Crippen LogP contribution in [0.25, 0.3) is 11.0 Å². The molecular formula is C30H34FN3O6. The standard InChI is InChI=1S/C30H34FN3O6/c1-39-22-9-6-17(7-10-22)23-12-13-34(29(36)19-4-2-18(3-5-19)24(32)16-31)27(23)28(35)33-21-8-11-25-20(14-21)15-26(40-25)30(37)38/h6-11,14-15,18-19,23-24,27H,2-5,12-13,16,32H2,1H3,(H,33,35)(H,37,38)/t18-,19-,23-,24?,27-/m0/s1. The largest absolute Gasteiger partial charge is 0.497 e. The van der Waals surface area contributed by atoms with E-state index in [0.29, 0.717) is 61.1 Å². The van der Waals surface area contributed by atoms with Gasteiger partial charge < -0.3 is 30.2 Å². The first-order valence-corrected chi connectivity index (χ1v) is 13.6. The van der Waals surface area contributed by atoms with Crippen molar-refractivity contribution in [1.29, 1.82) is 0 Å². The van der Waals surface area contributed by atoms with E-state index in [1.165, 1.54) is 6.07 Å². The number of anilines is 1. The number of aromatic carboxylic acids is 1. The van der Waals surface area contributed by atoms with E-state index in [2.05, 4.69) is 5.32 Å². The summed E-state index contributed by atoms with van der Waals surface area (Å²) in [5.41, 5.74) is 7.72. The van der Waals surface area contributed by atoms with E-state index >= 15 is 0 Å². The number of carboxylic acid groups (broad SMARTS) is 1. The van der Waals surface area contributed by atoms with Crippen LogP contribution in [0.4, 0.5) is 10.1 Å². The van der Waals surface area contributed by atoms with Crippen LogP contribution in [0.3, 0.4) is 0 Å². The molecule has 1 unspecified atom stereocenters. The van der Waals surface area contributed by atoms with Crippen molar-refractivity contribution in [3.05, 3.63) is 59.9 Å². The number of carbonyl (C=O) groups excluding carboxylic acids is 2. The van der Waals surface area contributed by atoms with Crippen molar-refractivity contribution < 1.29 is 33.0 Å². The minimum absolute atomic E-state index is 0.0557. The number of alkyl halides is 1. The Bertz CT molecular complexity index is 1380. The van der Waals surface area contributed by atoms with Crippen molar-refractivity contribution >= 4 is 34.4 Å². The molecular weight excluding hydrogens is 517 g/mol. The number of nitrogens with two attached hydrogens (primary N) is 1. The highest BCUT2D eigenvalue weighted by atomic mass is 19.1. The lowest BCUT2D eigenvalue weighted by atomic mass is 9.78. The maximum atomic E-state index is 13.8. The molecule has 212 valence electrons. The number of nitrogens with zero attached hydrogens (tertiary/aromatic N) is 1. The molecule has 2 fully saturated rings. The van der Waals surface area contributed by atoms with Gasteiger partial charge in [-0.3, -0.25) is 9.59 Å². The number of benzene rings is 2. The normalized spacial score (nSPS) is 23.6. The summed E-state index contributed by atoms with van der Waals surface area (Å²) in [6, 6.07) is 12.6. The van der Waals surface area contributed by atoms with Gasteiger partial charge in [-0.1, -0.05) is 12.1 Å². The molecule has 10 heteroatoms. The number of nitrogens with one attached hydrogen (secondary N) is 1. The van der Waals surface area contributed by atoms with Crippen molar-refractivity contribution in [3.8, 4) is 5.75 Å². The summed E-state index contributed by atoms with van der Waals surface area (Å²) < 4.78 is 23.7. The smallest absolute Gasteiger partial charge is 0.371 e. The number of carbonyl (C=O) groups is 3. The maximum absolute atomic E-state index is 13.8. The first kappa shape index (κ1) is 27.6. The third-order valence-corrected chi connectivity index (χ3v) is 8.39. The van der Waals surface area contributed by atoms with E-state index in [1.54, 1.807) is 30.2 Å². The van der Waals surface area contributed by atoms with Crippen molar-refractivity contribution in [1.82, 2.24) is 4.90 Å². The number of methoxy groups -OCH3 is 1. The van der Waals surface area contributed by atoms with Crippen molar-refractivity contribution in [2.45, 2.75) is 50.1 Å². The SMILES string of the molecule is COc1ccc([C@@H]2CCN(C(=O)[C@H]3CC[C@H](C(N)CF)CC3)[C@@H]2C(=O)Nc2ccc3oc(C(=O)O)cc3c2)cc1. The Morgan fingerprint density at radius 1 is 1.10 bits per heavy atom. The molecule has 9 nitrogen and oxygen atoms in total. The topological polar surface area (TPSA) is 135 Å². The summed E-state index contributed by atoms with van der Waals surface area (Å²) in [5, 5.41) is 12.7. The molecule has 2 aromatic carbocycles. The van der Waals surface area contributed by atoms with Crippen molar-refractivity contribution in [2.75, 3.05) is 25.6 Å². The first-order chi connectivity index (χ1) is 19.3. The average molecular weight is 552 g/mol. The van der Waals surface area contributed by atoms with E-state index in [0.717, 1.165) is 5.56 Å². The molecule has 0 bridgehead atoms. The zero-order valence-corrected chi connectivity index (χ0v) is 22.3. The molecule has 1 saturated carbocycles. The molecule has 1 aliphatic heterocycles. The van der Waals surface area contributed by atoms with Gasteiger partial charge in [0.05, 0.1) is 7.11 Å². The van der Waals surface area contributed by atoms with Crippen LogP contribution in [0.5, 0.6) is 5.75 Å². The molecule has 3 aromatic rings. The monoisotopic (exact) mass is 551 g/mol. The summed E-state index contributed by atoms with van der Waals surface area (Å²) in [6.07, 6.45) is 3.26. The molecule has 5 rings (SSSR count). The molecule has 1 saturated heterocycles. The highest BCUT2D eigenvalue weighted by molar-refractivity contribution is 6.00. The minimum Gasteiger partial charge on any atom is -0.497 e. The van der Waals surface area contributed by atoms with E-state index in [1.807, 2.05) is 24.3 Å². The summed E-state index contributed by atoms with van der Waals surface area (Å²) in [4.78, 5) is 40.6. The Balaban J connectivity index is 1.38. The molecule has 2 aliphatic rings. The van der Waals surface area contributed by atoms with Gasteiger partial charge in [-0.15, -0.1) is 0 Å². The third-order valence-electron chi connectivity index (χ3n) is 8.39. The summed E-state index contributed by atoms with van der Waals surface area (Å²) >= 11 is 0. The van der Waals surface area contributed by atoms with E-state index in [9.17, 15) is 23.9 Å². The van der Waals surface area contributed by atoms with Gasteiger partial charge in [-0.2, -0.15) is 0 Å². The minimum atomic E-state index is -1.18. The number of furan rings is 1. The summed E-state index contributed by atoms with van der Waals surface area (Å²) in [5.74, 6) is -1.42. The van der Waals surface area contributed by atoms with Crippen molar-refractivity contribution in [2.24, 2.45) is 17.6 Å². The van der Waals surface area contributed by atoms with Crippen LogP contribution in [0, 0.1) is 11.8 Å². The van der Waals surface area contributed by atoms with Gasteiger partial charge in [-0.25, -0.2) is 9.18 Å². The van der Waals surface area contributed by atoms with E-state index < -0.39 is 24.7 Å². The van der Waals surface area contributed by atoms with E-state index in [-0.39, 0.29) is 35.3 Å². The molecule has 4 N–H and O–H groups in total. The fourth-order valence-electron chi connectivity index (χ4n) is 6.16. The molecule has 1 aliphatic carbocycles. The van der Waals surface area contributed by atoms with Crippen LogP contribution in [-0.4, -0.2) is 60.2 Å². The fraction of sp³-hybridized carbons (Fsp3) is 0.433. The Hall–Kier alpha value is -3.92. The molecule has 3 atom stereocenters. The van der Waals surface area contributed by atoms with E-state index in [4.69, 9.17) is 14.9 Å². The number of halogens is 1. The second-order valence-electron chi connectivity index (χ2n) is 10.7. The van der Waals surface area contributed by atoms with Crippen LogP contribution in [0.2, 0.25) is 0 Å². The second-order valence-corrected chi connectivity index (χ2v) is 10.7. The van der Waals surface area contributed by atoms with Crippen molar-refractivity contribution in [3.63, 3.8) is 0 Å². The first-order valence-electron chi connectivity index (χ1n) is 13.6. The third kappa shape index (κ3) is 5.54. The molecule has 2 amide bonds. The highest BCUT2D eigenvalue weighted by Gasteiger charge is 2.45. The number of hydrogen-bond donors (Lipinski definition) is 3. The number of likely N-dealkylation sites (tertiary alicyclic amines) is 1. The lowest BCUT2D eigenvalue weighted by Gasteiger charge is -2.35. The Morgan fingerprint density at radius 3 is 2.48 bits per heavy atom. The van der Waals surface area contributed by atoms with Gasteiger partial charge in [-0.05, 0) is 80.0 Å². The second kappa shape index (κ2) is 11.7. The predicted molar refractivity (Wildman–Crippen MR) is 147 cm³/mol. The summed E-state index contributed by atoms with van der Waals surface area (Å²) in [7, 11) is 1.59. The van der Waals surface area contributed by atoms with Gasteiger partial charge >= 0.3 is 5.97 Å². The maximum Gasteiger partial charge on any atom is 0.371 e. The van der Waals surface area contributed by atoms with Crippen LogP contribution >= 0.6 is 0 Å². The zero-order chi connectivity index (χ0) is 28.4. The number of rotatable bonds is 8. The number of amides is 2. The van der Waals surface area contributed by atoms with Crippen LogP contribution < -0.4 is 15.8 Å². The lowest BCUT2D eigenvalue weighted by Crippen LogP contribution is -2.48. The van der Waals surface area contributed by atoms with Crippen LogP contribution in [0.15, 0.2) is 52.9 Å². The quantitative estimate of drug-likeness (QED) is 0.373. The van der Waals surface area contributed by atoms with Gasteiger partial charge in [0.1, 0.15) is 24.0 Å². The zero-order valence-electron chi connectivity index (χ0n) is 22.3. The van der Waals surface area contributed by atoms with Crippen LogP contribution in [0.1, 0.15) is 54.1 Å². The molecule has 2 heterocycles. The van der Waals surface area contributed by atoms with Crippen LogP contribution in [-0.2, 0) is 9.59 Å². The Morgan fingerprint density at radius 2 is 1.82 bits per heavy atom. The van der Waals surface area contributed by atoms with Gasteiger partial charge in [0, 0.05) is 35.5 Å². The average Bonchev–Trinajstić information content (AvgIpc) is 3.61. The Labute approximate surface area is 231 Å². The summed E-state index contributed by atoms with van der Waals surface area (Å²) in [6.45, 7) is -0.121. The molecule has 0 radical (unpaired) electrons. The van der Waals surface area contributed by atoms with Gasteiger partial charge in [0.25, 0.3) is 0 Å². The number of fused-ring (bicyclic) bond motifs is 1. The number of carboxylic acids is 1. The lowest BCUT2D eigenvalue weighted by molar-refractivity contribution is -0.141. The predicted octanol–water partition coefficient (Wildman–Crippen LogP) is 4.57. The molecule has 40 heavy (non-hydrogen) atoms. The van der Waals surface area contributed by atoms with Gasteiger partial charge in [0.15, 0.2) is 0 Å². The number of hydrogen-bond acceptors (Lipinski definition) is 6. The van der Waals surface area contributed by atoms with Gasteiger partial charge in [0.2, 0.25) is 17.6 Å². The number of ether oxygens (including phenoxy) is 1.